The minimum atomic E-state index is -0.859. The SMILES string of the molecule is C[C@H](Oc1ccc(Cl)cc1)C(=O)OCC(=O)N[C@@H](C)c1cc2ccccc2o1. The molecular weight excluding hydrogens is 382 g/mol. The third-order valence-electron chi connectivity index (χ3n) is 4.05. The molecule has 1 N–H and O–H groups in total. The lowest BCUT2D eigenvalue weighted by Crippen LogP contribution is -2.34. The van der Waals surface area contributed by atoms with Crippen molar-refractivity contribution in [2.45, 2.75) is 26.0 Å². The second kappa shape index (κ2) is 8.80. The van der Waals surface area contributed by atoms with Gasteiger partial charge in [0.25, 0.3) is 5.91 Å². The summed E-state index contributed by atoms with van der Waals surface area (Å²) in [7, 11) is 0. The van der Waals surface area contributed by atoms with Crippen molar-refractivity contribution < 1.29 is 23.5 Å². The summed E-state index contributed by atoms with van der Waals surface area (Å²) in [4.78, 5) is 24.1. The van der Waals surface area contributed by atoms with Crippen molar-refractivity contribution in [1.82, 2.24) is 5.32 Å². The maximum Gasteiger partial charge on any atom is 0.347 e. The molecule has 1 amide bonds. The lowest BCUT2D eigenvalue weighted by atomic mass is 10.2. The molecule has 2 aromatic carbocycles. The molecule has 6 nitrogen and oxygen atoms in total. The van der Waals surface area contributed by atoms with Crippen LogP contribution in [0.4, 0.5) is 0 Å². The fourth-order valence-corrected chi connectivity index (χ4v) is 2.72. The fourth-order valence-electron chi connectivity index (χ4n) is 2.59. The third kappa shape index (κ3) is 5.04. The summed E-state index contributed by atoms with van der Waals surface area (Å²) in [6, 6.07) is 15.7. The highest BCUT2D eigenvalue weighted by Gasteiger charge is 2.19. The molecule has 146 valence electrons. The fraction of sp³-hybridized carbons (Fsp3) is 0.238. The Morgan fingerprint density at radius 1 is 1.11 bits per heavy atom. The van der Waals surface area contributed by atoms with Crippen LogP contribution in [0.1, 0.15) is 25.6 Å². The Morgan fingerprint density at radius 3 is 2.54 bits per heavy atom. The number of rotatable bonds is 7. The van der Waals surface area contributed by atoms with E-state index in [2.05, 4.69) is 5.32 Å². The number of para-hydroxylation sites is 1. The largest absolute Gasteiger partial charge is 0.479 e. The van der Waals surface area contributed by atoms with Gasteiger partial charge < -0.3 is 19.2 Å². The molecule has 1 aromatic heterocycles. The van der Waals surface area contributed by atoms with Gasteiger partial charge in [0.2, 0.25) is 0 Å². The zero-order chi connectivity index (χ0) is 20.1. The molecule has 0 aliphatic heterocycles. The van der Waals surface area contributed by atoms with Gasteiger partial charge in [-0.05, 0) is 50.2 Å². The number of furan rings is 1. The lowest BCUT2D eigenvalue weighted by molar-refractivity contribution is -0.154. The zero-order valence-corrected chi connectivity index (χ0v) is 16.2. The number of esters is 1. The second-order valence-electron chi connectivity index (χ2n) is 6.30. The Balaban J connectivity index is 1.47. The van der Waals surface area contributed by atoms with Gasteiger partial charge in [-0.25, -0.2) is 4.79 Å². The van der Waals surface area contributed by atoms with Crippen LogP contribution in [0.3, 0.4) is 0 Å². The van der Waals surface area contributed by atoms with Crippen LogP contribution in [-0.4, -0.2) is 24.6 Å². The number of hydrogen-bond acceptors (Lipinski definition) is 5. The van der Waals surface area contributed by atoms with Crippen LogP contribution in [0, 0.1) is 0 Å². The van der Waals surface area contributed by atoms with Gasteiger partial charge >= 0.3 is 5.97 Å². The third-order valence-corrected chi connectivity index (χ3v) is 4.30. The molecule has 0 aliphatic rings. The molecular formula is C21H20ClNO5. The molecule has 0 aliphatic carbocycles. The highest BCUT2D eigenvalue weighted by molar-refractivity contribution is 6.30. The quantitative estimate of drug-likeness (QED) is 0.598. The van der Waals surface area contributed by atoms with Crippen LogP contribution >= 0.6 is 11.6 Å². The molecule has 0 radical (unpaired) electrons. The van der Waals surface area contributed by atoms with Crippen molar-refractivity contribution in [1.29, 1.82) is 0 Å². The normalized spacial score (nSPS) is 13.0. The van der Waals surface area contributed by atoms with Crippen molar-refractivity contribution >= 4 is 34.4 Å². The predicted octanol–water partition coefficient (Wildman–Crippen LogP) is 4.27. The molecule has 0 bridgehead atoms. The van der Waals surface area contributed by atoms with Gasteiger partial charge in [0.15, 0.2) is 12.7 Å². The van der Waals surface area contributed by atoms with E-state index in [1.807, 2.05) is 30.3 Å². The first-order valence-corrected chi connectivity index (χ1v) is 9.17. The minimum Gasteiger partial charge on any atom is -0.479 e. The highest BCUT2D eigenvalue weighted by Crippen LogP contribution is 2.23. The number of ether oxygens (including phenoxy) is 2. The van der Waals surface area contributed by atoms with Crippen molar-refractivity contribution in [3.05, 3.63) is 65.4 Å². The van der Waals surface area contributed by atoms with Gasteiger partial charge in [0.1, 0.15) is 17.1 Å². The van der Waals surface area contributed by atoms with Crippen molar-refractivity contribution in [2.24, 2.45) is 0 Å². The van der Waals surface area contributed by atoms with Gasteiger partial charge in [-0.1, -0.05) is 29.8 Å². The Labute approximate surface area is 167 Å². The first kappa shape index (κ1) is 19.8. The number of hydrogen-bond donors (Lipinski definition) is 1. The molecule has 0 saturated heterocycles. The average molecular weight is 402 g/mol. The maximum atomic E-state index is 12.1. The van der Waals surface area contributed by atoms with E-state index in [0.29, 0.717) is 16.5 Å². The van der Waals surface area contributed by atoms with Gasteiger partial charge in [0, 0.05) is 10.4 Å². The summed E-state index contributed by atoms with van der Waals surface area (Å²) in [5, 5.41) is 4.27. The molecule has 28 heavy (non-hydrogen) atoms. The van der Waals surface area contributed by atoms with E-state index in [1.54, 1.807) is 38.1 Å². The van der Waals surface area contributed by atoms with Crippen molar-refractivity contribution in [3.8, 4) is 5.75 Å². The number of fused-ring (bicyclic) bond motifs is 1. The highest BCUT2D eigenvalue weighted by atomic mass is 35.5. The Morgan fingerprint density at radius 2 is 1.82 bits per heavy atom. The van der Waals surface area contributed by atoms with E-state index in [9.17, 15) is 9.59 Å². The summed E-state index contributed by atoms with van der Waals surface area (Å²) >= 11 is 5.81. The van der Waals surface area contributed by atoms with E-state index in [4.69, 9.17) is 25.5 Å². The van der Waals surface area contributed by atoms with Gasteiger partial charge in [-0.2, -0.15) is 0 Å². The van der Waals surface area contributed by atoms with E-state index >= 15 is 0 Å². The second-order valence-corrected chi connectivity index (χ2v) is 6.73. The summed E-state index contributed by atoms with van der Waals surface area (Å²) in [5.41, 5.74) is 0.748. The Kier molecular flexibility index (Phi) is 6.21. The Bertz CT molecular complexity index is 933. The number of amides is 1. The molecule has 2 atom stereocenters. The smallest absolute Gasteiger partial charge is 0.347 e. The van der Waals surface area contributed by atoms with Gasteiger partial charge in [0.05, 0.1) is 6.04 Å². The van der Waals surface area contributed by atoms with Crippen LogP contribution in [0.25, 0.3) is 11.0 Å². The van der Waals surface area contributed by atoms with Crippen LogP contribution in [0.2, 0.25) is 5.02 Å². The van der Waals surface area contributed by atoms with Crippen LogP contribution in [0.15, 0.2) is 59.0 Å². The number of benzene rings is 2. The topological polar surface area (TPSA) is 77.8 Å². The van der Waals surface area contributed by atoms with E-state index < -0.39 is 24.6 Å². The molecule has 7 heteroatoms. The maximum absolute atomic E-state index is 12.1. The molecule has 1 heterocycles. The molecule has 3 rings (SSSR count). The average Bonchev–Trinajstić information content (AvgIpc) is 3.12. The van der Waals surface area contributed by atoms with Gasteiger partial charge in [-0.3, -0.25) is 4.79 Å². The predicted molar refractivity (Wildman–Crippen MR) is 105 cm³/mol. The first-order chi connectivity index (χ1) is 13.4. The summed E-state index contributed by atoms with van der Waals surface area (Å²) < 4.78 is 16.2. The van der Waals surface area contributed by atoms with E-state index in [0.717, 1.165) is 11.0 Å². The minimum absolute atomic E-state index is 0.360. The Hall–Kier alpha value is -2.99. The lowest BCUT2D eigenvalue weighted by Gasteiger charge is -2.15. The number of nitrogens with one attached hydrogen (secondary N) is 1. The van der Waals surface area contributed by atoms with Crippen molar-refractivity contribution in [2.75, 3.05) is 6.61 Å². The number of carbonyl (C=O) groups is 2. The summed E-state index contributed by atoms with van der Waals surface area (Å²) in [6.07, 6.45) is -0.859. The summed E-state index contributed by atoms with van der Waals surface area (Å²) in [5.74, 6) is 0.0404. The van der Waals surface area contributed by atoms with Crippen LogP contribution < -0.4 is 10.1 Å². The van der Waals surface area contributed by atoms with E-state index in [-0.39, 0.29) is 6.04 Å². The molecule has 0 saturated carbocycles. The molecule has 3 aromatic rings. The standard InChI is InChI=1S/C21H20ClNO5/c1-13(19-11-15-5-3-4-6-18(15)28-19)23-20(24)12-26-21(25)14(2)27-17-9-7-16(22)8-10-17/h3-11,13-14H,12H2,1-2H3,(H,23,24)/t13-,14-/m0/s1. The summed E-state index contributed by atoms with van der Waals surface area (Å²) in [6.45, 7) is 2.94. The number of carbonyl (C=O) groups excluding carboxylic acids is 2. The zero-order valence-electron chi connectivity index (χ0n) is 15.5. The number of halogens is 1. The van der Waals surface area contributed by atoms with Crippen LogP contribution in [0.5, 0.6) is 5.75 Å². The molecule has 0 fully saturated rings. The van der Waals surface area contributed by atoms with Crippen LogP contribution in [-0.2, 0) is 14.3 Å². The van der Waals surface area contributed by atoms with E-state index in [1.165, 1.54) is 0 Å². The van der Waals surface area contributed by atoms with Crippen molar-refractivity contribution in [3.63, 3.8) is 0 Å². The first-order valence-electron chi connectivity index (χ1n) is 8.79. The molecule has 0 spiro atoms. The molecule has 0 unspecified atom stereocenters. The monoisotopic (exact) mass is 401 g/mol. The van der Waals surface area contributed by atoms with Gasteiger partial charge in [-0.15, -0.1) is 0 Å².